The fourth-order valence-corrected chi connectivity index (χ4v) is 5.31. The Hall–Kier alpha value is -3.68. The van der Waals surface area contributed by atoms with Gasteiger partial charge in [-0.3, -0.25) is 19.2 Å². The molecular formula is C35H50N4O4. The maximum Gasteiger partial charge on any atom is 0.254 e. The summed E-state index contributed by atoms with van der Waals surface area (Å²) in [5.41, 5.74) is 2.19. The van der Waals surface area contributed by atoms with E-state index in [0.717, 1.165) is 24.0 Å². The van der Waals surface area contributed by atoms with E-state index in [9.17, 15) is 19.2 Å². The van der Waals surface area contributed by atoms with Crippen LogP contribution in [0.1, 0.15) is 106 Å². The van der Waals surface area contributed by atoms with Gasteiger partial charge in [0, 0.05) is 36.3 Å². The van der Waals surface area contributed by atoms with Crippen LogP contribution in [0.4, 0.5) is 0 Å². The molecule has 2 N–H and O–H groups in total. The molecule has 0 spiro atoms. The van der Waals surface area contributed by atoms with Crippen LogP contribution in [0.5, 0.6) is 0 Å². The molecule has 1 aliphatic rings. The molecule has 0 fully saturated rings. The van der Waals surface area contributed by atoms with Gasteiger partial charge in [-0.15, -0.1) is 0 Å². The van der Waals surface area contributed by atoms with Gasteiger partial charge in [-0.1, -0.05) is 69.7 Å². The third kappa shape index (κ3) is 11.5. The number of unbranched alkanes of at least 4 members (excludes halogenated alkanes) is 6. The number of rotatable bonds is 12. The summed E-state index contributed by atoms with van der Waals surface area (Å²) in [6.07, 6.45) is 9.37. The molecule has 0 aromatic heterocycles. The van der Waals surface area contributed by atoms with Crippen LogP contribution in [0.3, 0.4) is 0 Å². The Morgan fingerprint density at radius 3 is 1.67 bits per heavy atom. The Balaban J connectivity index is 1.75. The van der Waals surface area contributed by atoms with Crippen LogP contribution in [0, 0.1) is 0 Å². The van der Waals surface area contributed by atoms with Crippen LogP contribution in [-0.2, 0) is 9.59 Å². The Kier molecular flexibility index (Phi) is 13.2. The smallest absolute Gasteiger partial charge is 0.254 e. The monoisotopic (exact) mass is 590 g/mol. The molecule has 0 saturated heterocycles. The van der Waals surface area contributed by atoms with Crippen molar-refractivity contribution in [3.8, 4) is 11.1 Å². The van der Waals surface area contributed by atoms with Crippen LogP contribution in [0.25, 0.3) is 11.1 Å². The molecule has 0 aliphatic carbocycles. The number of amides is 4. The molecule has 2 aromatic rings. The van der Waals surface area contributed by atoms with Crippen LogP contribution in [-0.4, -0.2) is 71.7 Å². The Morgan fingerprint density at radius 2 is 1.16 bits per heavy atom. The van der Waals surface area contributed by atoms with E-state index >= 15 is 0 Å². The lowest BCUT2D eigenvalue weighted by Crippen LogP contribution is -2.47. The van der Waals surface area contributed by atoms with Crippen molar-refractivity contribution < 1.29 is 19.2 Å². The zero-order valence-corrected chi connectivity index (χ0v) is 26.5. The summed E-state index contributed by atoms with van der Waals surface area (Å²) in [6.45, 7) is 9.18. The number of nitrogens with one attached hydrogen (secondary N) is 2. The van der Waals surface area contributed by atoms with Crippen molar-refractivity contribution in [3.05, 3.63) is 59.7 Å². The second-order valence-electron chi connectivity index (χ2n) is 12.6. The summed E-state index contributed by atoms with van der Waals surface area (Å²) in [5, 5.41) is 5.93. The van der Waals surface area contributed by atoms with Gasteiger partial charge < -0.3 is 20.4 Å². The molecule has 0 radical (unpaired) electrons. The van der Waals surface area contributed by atoms with Crippen LogP contribution in [0.15, 0.2) is 48.5 Å². The van der Waals surface area contributed by atoms with Crippen molar-refractivity contribution in [3.63, 3.8) is 0 Å². The van der Waals surface area contributed by atoms with E-state index in [1.54, 1.807) is 28.0 Å². The van der Waals surface area contributed by atoms with Crippen molar-refractivity contribution in [2.24, 2.45) is 0 Å². The van der Waals surface area contributed by atoms with Gasteiger partial charge in [-0.25, -0.2) is 0 Å². The molecule has 2 aromatic carbocycles. The van der Waals surface area contributed by atoms with Gasteiger partial charge in [0.05, 0.1) is 13.1 Å². The van der Waals surface area contributed by atoms with Gasteiger partial charge in [0.25, 0.3) is 11.8 Å². The largest absolute Gasteiger partial charge is 0.355 e. The van der Waals surface area contributed by atoms with Crippen LogP contribution >= 0.6 is 0 Å². The predicted octanol–water partition coefficient (Wildman–Crippen LogP) is 5.81. The highest BCUT2D eigenvalue weighted by molar-refractivity contribution is 5.99. The van der Waals surface area contributed by atoms with E-state index < -0.39 is 5.54 Å². The first-order valence-corrected chi connectivity index (χ1v) is 15.9. The lowest BCUT2D eigenvalue weighted by molar-refractivity contribution is -0.123. The summed E-state index contributed by atoms with van der Waals surface area (Å²) < 4.78 is 0. The van der Waals surface area contributed by atoms with E-state index in [2.05, 4.69) is 17.6 Å². The number of hydrogen-bond acceptors (Lipinski definition) is 4. The van der Waals surface area contributed by atoms with Gasteiger partial charge in [0.15, 0.2) is 0 Å². The van der Waals surface area contributed by atoms with Gasteiger partial charge >= 0.3 is 0 Å². The zero-order chi connectivity index (χ0) is 31.2. The van der Waals surface area contributed by atoms with Crippen molar-refractivity contribution in [1.29, 1.82) is 0 Å². The third-order valence-corrected chi connectivity index (χ3v) is 7.52. The van der Waals surface area contributed by atoms with E-state index in [4.69, 9.17) is 0 Å². The molecule has 8 heteroatoms. The molecule has 234 valence electrons. The number of carbonyl (C=O) groups is 4. The van der Waals surface area contributed by atoms with Gasteiger partial charge in [-0.2, -0.15) is 0 Å². The van der Waals surface area contributed by atoms with E-state index in [1.165, 1.54) is 32.1 Å². The molecule has 3 rings (SSSR count). The molecule has 1 aliphatic heterocycles. The van der Waals surface area contributed by atoms with Crippen molar-refractivity contribution in [2.75, 3.05) is 32.7 Å². The number of fused-ring (bicyclic) bond motifs is 5. The summed E-state index contributed by atoms with van der Waals surface area (Å²) in [7, 11) is 0. The SMILES string of the molecule is CCCCCCCCCNC(=O)CN1CCCCN(CC(=O)NC(C)(C)C)C(=O)c2cccc(c2)-c2cccc(c2)C1=O. The highest BCUT2D eigenvalue weighted by atomic mass is 16.2. The molecule has 0 unspecified atom stereocenters. The molecule has 43 heavy (non-hydrogen) atoms. The van der Waals surface area contributed by atoms with E-state index in [1.807, 2.05) is 51.1 Å². The average Bonchev–Trinajstić information content (AvgIpc) is 2.97. The highest BCUT2D eigenvalue weighted by Crippen LogP contribution is 2.24. The summed E-state index contributed by atoms with van der Waals surface area (Å²) in [6, 6.07) is 14.6. The van der Waals surface area contributed by atoms with Crippen LogP contribution < -0.4 is 10.6 Å². The average molecular weight is 591 g/mol. The Bertz CT molecular complexity index is 1240. The number of nitrogens with zero attached hydrogens (tertiary/aromatic N) is 2. The summed E-state index contributed by atoms with van der Waals surface area (Å²) in [4.78, 5) is 56.1. The lowest BCUT2D eigenvalue weighted by Gasteiger charge is -2.27. The first-order valence-electron chi connectivity index (χ1n) is 15.9. The Labute approximate surface area is 257 Å². The minimum absolute atomic E-state index is 0.0221. The summed E-state index contributed by atoms with van der Waals surface area (Å²) >= 11 is 0. The molecule has 4 amide bonds. The van der Waals surface area contributed by atoms with E-state index in [0.29, 0.717) is 43.6 Å². The third-order valence-electron chi connectivity index (χ3n) is 7.52. The van der Waals surface area contributed by atoms with Gasteiger partial charge in [0.2, 0.25) is 11.8 Å². The maximum atomic E-state index is 13.7. The number of benzene rings is 2. The standard InChI is InChI=1S/C35H50N4O4/c1-5-6-7-8-9-10-11-20-36-31(40)25-38-21-12-13-22-39(26-32(41)37-35(2,3)4)34(43)30-19-15-17-28(24-30)27-16-14-18-29(23-27)33(38)42/h14-19,23-24H,5-13,20-22,25-26H2,1-4H3,(H,36,40)(H,37,41). The second-order valence-corrected chi connectivity index (χ2v) is 12.6. The number of hydrogen-bond donors (Lipinski definition) is 2. The predicted molar refractivity (Wildman–Crippen MR) is 172 cm³/mol. The minimum atomic E-state index is -0.413. The maximum absolute atomic E-state index is 13.7. The molecule has 8 nitrogen and oxygen atoms in total. The molecule has 1 heterocycles. The second kappa shape index (κ2) is 16.8. The fourth-order valence-electron chi connectivity index (χ4n) is 5.31. The van der Waals surface area contributed by atoms with Gasteiger partial charge in [-0.05, 0) is 75.4 Å². The van der Waals surface area contributed by atoms with Crippen LogP contribution in [0.2, 0.25) is 0 Å². The minimum Gasteiger partial charge on any atom is -0.355 e. The molecular weight excluding hydrogens is 540 g/mol. The quantitative estimate of drug-likeness (QED) is 0.305. The zero-order valence-electron chi connectivity index (χ0n) is 26.5. The topological polar surface area (TPSA) is 98.8 Å². The van der Waals surface area contributed by atoms with Crippen molar-refractivity contribution in [1.82, 2.24) is 20.4 Å². The first-order chi connectivity index (χ1) is 20.6. The lowest BCUT2D eigenvalue weighted by atomic mass is 9.99. The van der Waals surface area contributed by atoms with Gasteiger partial charge in [0.1, 0.15) is 0 Å². The van der Waals surface area contributed by atoms with Crippen molar-refractivity contribution in [2.45, 2.75) is 91.0 Å². The Morgan fingerprint density at radius 1 is 0.698 bits per heavy atom. The number of carbonyl (C=O) groups excluding carboxylic acids is 4. The fraction of sp³-hybridized carbons (Fsp3) is 0.543. The van der Waals surface area contributed by atoms with E-state index in [-0.39, 0.29) is 36.7 Å². The molecule has 4 bridgehead atoms. The molecule has 0 atom stereocenters. The highest BCUT2D eigenvalue weighted by Gasteiger charge is 2.24. The summed E-state index contributed by atoms with van der Waals surface area (Å²) in [5.74, 6) is -0.796. The first kappa shape index (κ1) is 33.8. The van der Waals surface area contributed by atoms with Crippen molar-refractivity contribution >= 4 is 23.6 Å². The normalized spacial score (nSPS) is 14.3. The molecule has 0 saturated carbocycles.